The molecule has 3 N–H and O–H groups in total. The van der Waals surface area contributed by atoms with Gasteiger partial charge in [-0.2, -0.15) is 10.2 Å². The molecule has 0 saturated heterocycles. The van der Waals surface area contributed by atoms with E-state index >= 15 is 0 Å². The van der Waals surface area contributed by atoms with E-state index in [2.05, 4.69) is 26.2 Å². The molecule has 0 saturated carbocycles. The maximum atomic E-state index is 13.9. The van der Waals surface area contributed by atoms with Crippen molar-refractivity contribution in [1.29, 1.82) is 0 Å². The van der Waals surface area contributed by atoms with Crippen LogP contribution in [-0.2, 0) is 9.59 Å². The third kappa shape index (κ3) is 6.87. The fourth-order valence-corrected chi connectivity index (χ4v) is 5.84. The Morgan fingerprint density at radius 1 is 0.540 bits per heavy atom. The number of halogens is 4. The van der Waals surface area contributed by atoms with E-state index in [0.29, 0.717) is 5.56 Å². The van der Waals surface area contributed by atoms with Crippen LogP contribution < -0.4 is 16.0 Å². The van der Waals surface area contributed by atoms with Gasteiger partial charge in [0, 0.05) is 16.7 Å². The summed E-state index contributed by atoms with van der Waals surface area (Å²) in [7, 11) is 0. The maximum absolute atomic E-state index is 13.9. The molecule has 0 aliphatic heterocycles. The number of carbonyl (C=O) groups excluding carboxylic acids is 5. The van der Waals surface area contributed by atoms with Crippen LogP contribution in [0.1, 0.15) is 42.2 Å². The first-order valence-corrected chi connectivity index (χ1v) is 16.2. The van der Waals surface area contributed by atoms with Crippen LogP contribution >= 0.6 is 46.4 Å². The molecular weight excluding hydrogens is 724 g/mol. The van der Waals surface area contributed by atoms with Gasteiger partial charge in [-0.05, 0) is 48.5 Å². The number of nitrogens with zero attached hydrogens (tertiary/aromatic N) is 2. The summed E-state index contributed by atoms with van der Waals surface area (Å²) in [6, 6.07) is 24.4. The van der Waals surface area contributed by atoms with Gasteiger partial charge in [0.2, 0.25) is 6.04 Å². The number of ketones is 2. The number of azo groups is 1. The first kappa shape index (κ1) is 34.5. The normalized spacial score (nSPS) is 12.0. The highest BCUT2D eigenvalue weighted by atomic mass is 35.5. The largest absolute Gasteiger partial charge is 0.322 e. The lowest BCUT2D eigenvalue weighted by molar-refractivity contribution is -0.125. The van der Waals surface area contributed by atoms with Crippen LogP contribution in [-0.4, -0.2) is 35.3 Å². The van der Waals surface area contributed by atoms with Gasteiger partial charge < -0.3 is 16.0 Å². The number of amides is 3. The predicted octanol–water partition coefficient (Wildman–Crippen LogP) is 9.06. The molecule has 14 heteroatoms. The zero-order valence-electron chi connectivity index (χ0n) is 25.3. The van der Waals surface area contributed by atoms with Gasteiger partial charge in [0.05, 0.1) is 54.0 Å². The summed E-state index contributed by atoms with van der Waals surface area (Å²) in [4.78, 5) is 67.8. The average molecular weight is 745 g/mol. The summed E-state index contributed by atoms with van der Waals surface area (Å²) in [5, 5.41) is 16.3. The number of fused-ring (bicyclic) bond motifs is 2. The van der Waals surface area contributed by atoms with Crippen molar-refractivity contribution < 1.29 is 24.0 Å². The number of hydrogen-bond acceptors (Lipinski definition) is 7. The second kappa shape index (κ2) is 14.6. The Bertz CT molecular complexity index is 2200. The van der Waals surface area contributed by atoms with E-state index < -0.39 is 35.3 Å². The molecule has 0 bridgehead atoms. The summed E-state index contributed by atoms with van der Waals surface area (Å²) >= 11 is 24.7. The van der Waals surface area contributed by atoms with Crippen LogP contribution in [0.4, 0.5) is 22.7 Å². The SMILES string of the molecule is O=C(Nc1cccc2c1C(=O)c1cccc(N=NC(C(=O)Nc3cccc(Cl)c3Cl)C(=O)Nc3cccc(Cl)c3Cl)c1C2=O)c1ccccc1. The zero-order valence-corrected chi connectivity index (χ0v) is 28.4. The van der Waals surface area contributed by atoms with Gasteiger partial charge in [0.1, 0.15) is 0 Å². The van der Waals surface area contributed by atoms with Gasteiger partial charge in [-0.15, -0.1) is 0 Å². The predicted molar refractivity (Wildman–Crippen MR) is 193 cm³/mol. The minimum absolute atomic E-state index is 0.0109. The lowest BCUT2D eigenvalue weighted by Gasteiger charge is -2.21. The van der Waals surface area contributed by atoms with Crippen molar-refractivity contribution in [2.45, 2.75) is 6.04 Å². The molecule has 248 valence electrons. The highest BCUT2D eigenvalue weighted by molar-refractivity contribution is 6.45. The molecule has 1 aliphatic carbocycles. The van der Waals surface area contributed by atoms with Crippen molar-refractivity contribution in [3.05, 3.63) is 151 Å². The molecule has 50 heavy (non-hydrogen) atoms. The summed E-state index contributed by atoms with van der Waals surface area (Å²) in [6.45, 7) is 0. The van der Waals surface area contributed by atoms with E-state index in [-0.39, 0.29) is 65.1 Å². The fourth-order valence-electron chi connectivity index (χ4n) is 5.14. The van der Waals surface area contributed by atoms with Crippen molar-refractivity contribution >= 4 is 98.4 Å². The topological polar surface area (TPSA) is 146 Å². The van der Waals surface area contributed by atoms with E-state index in [1.54, 1.807) is 42.5 Å². The lowest BCUT2D eigenvalue weighted by Crippen LogP contribution is -2.37. The van der Waals surface area contributed by atoms with Crippen LogP contribution in [0.15, 0.2) is 113 Å². The molecule has 10 nitrogen and oxygen atoms in total. The Morgan fingerprint density at radius 3 is 1.64 bits per heavy atom. The Kier molecular flexibility index (Phi) is 10.1. The van der Waals surface area contributed by atoms with E-state index in [0.717, 1.165) is 0 Å². The Morgan fingerprint density at radius 2 is 1.04 bits per heavy atom. The first-order valence-electron chi connectivity index (χ1n) is 14.7. The Balaban J connectivity index is 1.35. The quantitative estimate of drug-likeness (QED) is 0.105. The highest BCUT2D eigenvalue weighted by Gasteiger charge is 2.35. The number of anilines is 3. The lowest BCUT2D eigenvalue weighted by atomic mass is 9.82. The van der Waals surface area contributed by atoms with Gasteiger partial charge in [0.25, 0.3) is 17.7 Å². The summed E-state index contributed by atoms with van der Waals surface area (Å²) < 4.78 is 0. The minimum Gasteiger partial charge on any atom is -0.322 e. The minimum atomic E-state index is -1.86. The summed E-state index contributed by atoms with van der Waals surface area (Å²) in [5.41, 5.74) is 0.548. The fraction of sp³-hybridized carbons (Fsp3) is 0.0278. The molecule has 0 spiro atoms. The van der Waals surface area contributed by atoms with E-state index in [4.69, 9.17) is 46.4 Å². The number of hydrogen-bond donors (Lipinski definition) is 3. The molecule has 5 aromatic carbocycles. The van der Waals surface area contributed by atoms with Crippen LogP contribution in [0.3, 0.4) is 0 Å². The summed E-state index contributed by atoms with van der Waals surface area (Å²) in [5.74, 6) is -3.50. The van der Waals surface area contributed by atoms with E-state index in [1.165, 1.54) is 60.7 Å². The van der Waals surface area contributed by atoms with Crippen molar-refractivity contribution in [2.75, 3.05) is 16.0 Å². The smallest absolute Gasteiger partial charge is 0.260 e. The number of nitrogens with one attached hydrogen (secondary N) is 3. The second-order valence-corrected chi connectivity index (χ2v) is 12.3. The summed E-state index contributed by atoms with van der Waals surface area (Å²) in [6.07, 6.45) is 0. The number of rotatable bonds is 8. The van der Waals surface area contributed by atoms with Gasteiger partial charge in [0.15, 0.2) is 11.6 Å². The molecule has 0 heterocycles. The molecule has 0 aromatic heterocycles. The van der Waals surface area contributed by atoms with Crippen molar-refractivity contribution in [3.8, 4) is 0 Å². The second-order valence-electron chi connectivity index (χ2n) is 10.7. The number of carbonyl (C=O) groups is 5. The molecular formula is C36H21Cl4N5O5. The Hall–Kier alpha value is -5.39. The zero-order chi connectivity index (χ0) is 35.5. The molecule has 0 unspecified atom stereocenters. The average Bonchev–Trinajstić information content (AvgIpc) is 3.11. The van der Waals surface area contributed by atoms with Crippen molar-refractivity contribution in [1.82, 2.24) is 0 Å². The molecule has 3 amide bonds. The third-order valence-corrected chi connectivity index (χ3v) is 9.17. The molecule has 5 aromatic rings. The van der Waals surface area contributed by atoms with Gasteiger partial charge in [-0.25, -0.2) is 0 Å². The van der Waals surface area contributed by atoms with Crippen LogP contribution in [0.2, 0.25) is 20.1 Å². The first-order chi connectivity index (χ1) is 24.0. The molecule has 6 rings (SSSR count). The van der Waals surface area contributed by atoms with E-state index in [1.807, 2.05) is 0 Å². The maximum Gasteiger partial charge on any atom is 0.260 e. The van der Waals surface area contributed by atoms with Gasteiger partial charge in [-0.1, -0.05) is 101 Å². The highest BCUT2D eigenvalue weighted by Crippen LogP contribution is 2.37. The van der Waals surface area contributed by atoms with Crippen LogP contribution in [0, 0.1) is 0 Å². The Labute approximate surface area is 304 Å². The van der Waals surface area contributed by atoms with Crippen LogP contribution in [0.5, 0.6) is 0 Å². The third-order valence-electron chi connectivity index (χ3n) is 7.53. The van der Waals surface area contributed by atoms with Gasteiger partial charge >= 0.3 is 0 Å². The molecule has 0 radical (unpaired) electrons. The van der Waals surface area contributed by atoms with Crippen LogP contribution in [0.25, 0.3) is 0 Å². The molecule has 1 aliphatic rings. The monoisotopic (exact) mass is 743 g/mol. The van der Waals surface area contributed by atoms with Gasteiger partial charge in [-0.3, -0.25) is 24.0 Å². The number of benzene rings is 5. The standard InChI is InChI=1S/C36H21Cl4N5O5/c37-21-12-6-16-25(29(21)39)42-35(49)31(36(50)43-26-17-7-13-22(38)30(26)40)45-44-24-15-5-11-20-28(24)33(47)19-10-4-14-23(27(19)32(20)46)41-34(48)18-8-2-1-3-9-18/h1-17,31H,(H,41,48)(H,42,49)(H,43,50). The molecule has 0 atom stereocenters. The van der Waals surface area contributed by atoms with Crippen molar-refractivity contribution in [2.24, 2.45) is 10.2 Å². The van der Waals surface area contributed by atoms with Crippen molar-refractivity contribution in [3.63, 3.8) is 0 Å². The molecule has 0 fully saturated rings. The van der Waals surface area contributed by atoms with E-state index in [9.17, 15) is 24.0 Å².